The fourth-order valence-corrected chi connectivity index (χ4v) is 2.50. The van der Waals surface area contributed by atoms with Gasteiger partial charge in [0.25, 0.3) is 0 Å². The van der Waals surface area contributed by atoms with Crippen LogP contribution in [0.25, 0.3) is 0 Å². The first-order valence-corrected chi connectivity index (χ1v) is 7.27. The number of thioether (sulfide) groups is 1. The first-order valence-electron chi connectivity index (χ1n) is 5.88. The Morgan fingerprint density at radius 2 is 2.12 bits per heavy atom. The van der Waals surface area contributed by atoms with Crippen LogP contribution in [0, 0.1) is 13.8 Å². The van der Waals surface area contributed by atoms with Crippen molar-refractivity contribution in [2.75, 3.05) is 18.6 Å². The summed E-state index contributed by atoms with van der Waals surface area (Å²) in [5.41, 5.74) is 3.83. The Bertz CT molecular complexity index is 333. The predicted molar refractivity (Wildman–Crippen MR) is 72.2 cm³/mol. The third kappa shape index (κ3) is 3.01. The van der Waals surface area contributed by atoms with E-state index in [2.05, 4.69) is 49.0 Å². The molecule has 4 heteroatoms. The van der Waals surface area contributed by atoms with Gasteiger partial charge in [-0.1, -0.05) is 6.92 Å². The first-order chi connectivity index (χ1) is 7.61. The molecule has 1 atom stereocenters. The van der Waals surface area contributed by atoms with Gasteiger partial charge in [0.2, 0.25) is 0 Å². The third-order valence-corrected chi connectivity index (χ3v) is 3.48. The number of nitrogens with one attached hydrogen (secondary N) is 1. The maximum atomic E-state index is 4.61. The molecule has 0 spiro atoms. The molecular weight excluding hydrogens is 218 g/mol. The first kappa shape index (κ1) is 13.6. The molecule has 1 unspecified atom stereocenters. The summed E-state index contributed by atoms with van der Waals surface area (Å²) in [4.78, 5) is 0. The van der Waals surface area contributed by atoms with E-state index >= 15 is 0 Å². The quantitative estimate of drug-likeness (QED) is 0.830. The second-order valence-electron chi connectivity index (χ2n) is 4.08. The molecule has 3 nitrogen and oxygen atoms in total. The summed E-state index contributed by atoms with van der Waals surface area (Å²) in [6.45, 7) is 10.6. The molecule has 0 amide bonds. The van der Waals surface area contributed by atoms with Gasteiger partial charge < -0.3 is 5.32 Å². The van der Waals surface area contributed by atoms with Crippen LogP contribution in [0.1, 0.15) is 36.8 Å². The van der Waals surface area contributed by atoms with Crippen molar-refractivity contribution in [1.29, 1.82) is 0 Å². The number of hydrogen-bond donors (Lipinski definition) is 1. The Balaban J connectivity index is 2.88. The molecule has 0 fully saturated rings. The highest BCUT2D eigenvalue weighted by molar-refractivity contribution is 7.98. The van der Waals surface area contributed by atoms with Crippen LogP contribution in [0.2, 0.25) is 0 Å². The summed E-state index contributed by atoms with van der Waals surface area (Å²) in [7, 11) is 0. The predicted octanol–water partition coefficient (Wildman–Crippen LogP) is 2.53. The standard InChI is InChI=1S/C12H23N3S/c1-6-13-9(2)12-10(3)14-15(11(12)4)7-8-16-5/h9,13H,6-8H2,1-5H3. The zero-order valence-corrected chi connectivity index (χ0v) is 11.8. The van der Waals surface area contributed by atoms with Crippen LogP contribution in [0.4, 0.5) is 0 Å². The van der Waals surface area contributed by atoms with Gasteiger partial charge in [-0.3, -0.25) is 4.68 Å². The highest BCUT2D eigenvalue weighted by atomic mass is 32.2. The van der Waals surface area contributed by atoms with Crippen molar-refractivity contribution in [3.63, 3.8) is 0 Å². The fourth-order valence-electron chi connectivity index (χ4n) is 2.14. The molecule has 0 aromatic carbocycles. The average molecular weight is 241 g/mol. The normalized spacial score (nSPS) is 13.1. The van der Waals surface area contributed by atoms with Crippen LogP contribution in [-0.4, -0.2) is 28.3 Å². The number of aryl methyl sites for hydroxylation is 2. The van der Waals surface area contributed by atoms with Crippen LogP contribution in [0.15, 0.2) is 0 Å². The lowest BCUT2D eigenvalue weighted by Gasteiger charge is -2.13. The van der Waals surface area contributed by atoms with Crippen LogP contribution in [-0.2, 0) is 6.54 Å². The summed E-state index contributed by atoms with van der Waals surface area (Å²) in [6.07, 6.45) is 2.13. The van der Waals surface area contributed by atoms with Gasteiger partial charge in [0.1, 0.15) is 0 Å². The minimum atomic E-state index is 0.396. The smallest absolute Gasteiger partial charge is 0.0644 e. The van der Waals surface area contributed by atoms with Gasteiger partial charge in [-0.05, 0) is 33.6 Å². The average Bonchev–Trinajstić information content (AvgIpc) is 2.51. The lowest BCUT2D eigenvalue weighted by atomic mass is 10.1. The molecule has 1 aromatic heterocycles. The van der Waals surface area contributed by atoms with E-state index < -0.39 is 0 Å². The molecule has 1 aromatic rings. The van der Waals surface area contributed by atoms with Crippen LogP contribution in [0.3, 0.4) is 0 Å². The molecule has 0 radical (unpaired) electrons. The molecule has 16 heavy (non-hydrogen) atoms. The lowest BCUT2D eigenvalue weighted by Crippen LogP contribution is -2.19. The van der Waals surface area contributed by atoms with Gasteiger partial charge in [0.15, 0.2) is 0 Å². The lowest BCUT2D eigenvalue weighted by molar-refractivity contribution is 0.588. The van der Waals surface area contributed by atoms with Crippen molar-refractivity contribution in [2.45, 2.75) is 40.3 Å². The molecule has 0 aliphatic heterocycles. The Morgan fingerprint density at radius 1 is 1.44 bits per heavy atom. The largest absolute Gasteiger partial charge is 0.310 e. The van der Waals surface area contributed by atoms with Gasteiger partial charge in [-0.15, -0.1) is 0 Å². The Labute approximate surface area is 103 Å². The van der Waals surface area contributed by atoms with E-state index in [0.29, 0.717) is 6.04 Å². The van der Waals surface area contributed by atoms with Crippen molar-refractivity contribution in [2.24, 2.45) is 0 Å². The van der Waals surface area contributed by atoms with E-state index in [1.807, 2.05) is 11.8 Å². The summed E-state index contributed by atoms with van der Waals surface area (Å²) in [5, 5.41) is 8.07. The van der Waals surface area contributed by atoms with Gasteiger partial charge in [-0.25, -0.2) is 0 Å². The van der Waals surface area contributed by atoms with Crippen LogP contribution < -0.4 is 5.32 Å². The molecule has 92 valence electrons. The van der Waals surface area contributed by atoms with Gasteiger partial charge >= 0.3 is 0 Å². The second-order valence-corrected chi connectivity index (χ2v) is 5.07. The van der Waals surface area contributed by atoms with Crippen molar-refractivity contribution < 1.29 is 0 Å². The number of aromatic nitrogens is 2. The number of nitrogens with zero attached hydrogens (tertiary/aromatic N) is 2. The molecule has 1 heterocycles. The minimum absolute atomic E-state index is 0.396. The summed E-state index contributed by atoms with van der Waals surface area (Å²) in [6, 6.07) is 0.396. The highest BCUT2D eigenvalue weighted by Crippen LogP contribution is 2.21. The fraction of sp³-hybridized carbons (Fsp3) is 0.750. The monoisotopic (exact) mass is 241 g/mol. The third-order valence-electron chi connectivity index (χ3n) is 2.89. The van der Waals surface area contributed by atoms with E-state index in [0.717, 1.165) is 24.5 Å². The minimum Gasteiger partial charge on any atom is -0.310 e. The molecule has 1 N–H and O–H groups in total. The number of rotatable bonds is 6. The topological polar surface area (TPSA) is 29.9 Å². The summed E-state index contributed by atoms with van der Waals surface area (Å²) >= 11 is 1.86. The van der Waals surface area contributed by atoms with E-state index in [4.69, 9.17) is 0 Å². The number of hydrogen-bond acceptors (Lipinski definition) is 3. The highest BCUT2D eigenvalue weighted by Gasteiger charge is 2.16. The molecule has 0 aliphatic rings. The van der Waals surface area contributed by atoms with Crippen LogP contribution >= 0.6 is 11.8 Å². The molecule has 0 saturated heterocycles. The van der Waals surface area contributed by atoms with E-state index in [-0.39, 0.29) is 0 Å². The van der Waals surface area contributed by atoms with E-state index in [1.54, 1.807) is 0 Å². The maximum absolute atomic E-state index is 4.61. The second kappa shape index (κ2) is 6.30. The van der Waals surface area contributed by atoms with Crippen molar-refractivity contribution in [1.82, 2.24) is 15.1 Å². The van der Waals surface area contributed by atoms with Crippen molar-refractivity contribution >= 4 is 11.8 Å². The van der Waals surface area contributed by atoms with Gasteiger partial charge in [0.05, 0.1) is 12.2 Å². The zero-order chi connectivity index (χ0) is 12.1. The molecular formula is C12H23N3S. The van der Waals surface area contributed by atoms with Crippen molar-refractivity contribution in [3.8, 4) is 0 Å². The zero-order valence-electron chi connectivity index (χ0n) is 11.0. The maximum Gasteiger partial charge on any atom is 0.0644 e. The van der Waals surface area contributed by atoms with Crippen LogP contribution in [0.5, 0.6) is 0 Å². The SMILES string of the molecule is CCNC(C)c1c(C)nn(CCSC)c1C. The summed E-state index contributed by atoms with van der Waals surface area (Å²) in [5.74, 6) is 1.12. The van der Waals surface area contributed by atoms with E-state index in [9.17, 15) is 0 Å². The van der Waals surface area contributed by atoms with Gasteiger partial charge in [-0.2, -0.15) is 16.9 Å². The van der Waals surface area contributed by atoms with Gasteiger partial charge in [0, 0.05) is 23.1 Å². The molecule has 1 rings (SSSR count). The Kier molecular flexibility index (Phi) is 5.35. The Morgan fingerprint density at radius 3 is 2.69 bits per heavy atom. The summed E-state index contributed by atoms with van der Waals surface area (Å²) < 4.78 is 2.13. The molecule has 0 bridgehead atoms. The van der Waals surface area contributed by atoms with E-state index in [1.165, 1.54) is 11.3 Å². The molecule has 0 aliphatic carbocycles. The van der Waals surface area contributed by atoms with Crippen molar-refractivity contribution in [3.05, 3.63) is 17.0 Å². The Hall–Kier alpha value is -0.480. The molecule has 0 saturated carbocycles.